The summed E-state index contributed by atoms with van der Waals surface area (Å²) in [6.07, 6.45) is 19.8. The second-order valence-corrected chi connectivity index (χ2v) is 8.60. The standard InChI is InChI=1S/C24H53N3/c1-5-7-9-10-11-12-13-14-15-16-17-18-19-25-20-22-27(4)24-23-26(3)21-8-6-2/h25H,5-24H2,1-4H3. The molecule has 0 bridgehead atoms. The van der Waals surface area contributed by atoms with Gasteiger partial charge in [0.05, 0.1) is 0 Å². The average molecular weight is 384 g/mol. The molecule has 0 heterocycles. The summed E-state index contributed by atoms with van der Waals surface area (Å²) in [6, 6.07) is 0. The summed E-state index contributed by atoms with van der Waals surface area (Å²) in [4.78, 5) is 4.91. The van der Waals surface area contributed by atoms with Crippen LogP contribution in [0.4, 0.5) is 0 Å². The number of rotatable bonds is 22. The lowest BCUT2D eigenvalue weighted by Gasteiger charge is -2.22. The van der Waals surface area contributed by atoms with Crippen LogP contribution in [0, 0.1) is 0 Å². The van der Waals surface area contributed by atoms with Gasteiger partial charge in [0, 0.05) is 26.2 Å². The molecule has 0 fully saturated rings. The molecule has 0 aromatic rings. The maximum absolute atomic E-state index is 3.62. The van der Waals surface area contributed by atoms with Crippen molar-refractivity contribution >= 4 is 0 Å². The van der Waals surface area contributed by atoms with E-state index in [0.29, 0.717) is 0 Å². The minimum atomic E-state index is 1.13. The van der Waals surface area contributed by atoms with E-state index in [0.717, 1.165) is 6.54 Å². The zero-order valence-corrected chi connectivity index (χ0v) is 19.5. The molecule has 3 heteroatoms. The van der Waals surface area contributed by atoms with Gasteiger partial charge in [-0.25, -0.2) is 0 Å². The Morgan fingerprint density at radius 1 is 0.444 bits per heavy atom. The topological polar surface area (TPSA) is 18.5 Å². The quantitative estimate of drug-likeness (QED) is 0.233. The molecule has 1 N–H and O–H groups in total. The predicted octanol–water partition coefficient (Wildman–Crippen LogP) is 5.94. The highest BCUT2D eigenvalue weighted by Crippen LogP contribution is 2.11. The van der Waals surface area contributed by atoms with Gasteiger partial charge in [-0.3, -0.25) is 0 Å². The number of nitrogens with zero attached hydrogens (tertiary/aromatic N) is 2. The van der Waals surface area contributed by atoms with Crippen LogP contribution in [0.15, 0.2) is 0 Å². The van der Waals surface area contributed by atoms with Crippen molar-refractivity contribution in [2.45, 2.75) is 104 Å². The number of unbranched alkanes of at least 4 members (excludes halogenated alkanes) is 12. The van der Waals surface area contributed by atoms with Gasteiger partial charge in [-0.1, -0.05) is 90.9 Å². The van der Waals surface area contributed by atoms with E-state index >= 15 is 0 Å². The SMILES string of the molecule is CCCCCCCCCCCCCCNCCN(C)CCN(C)CCCC. The number of nitrogens with one attached hydrogen (secondary N) is 1. The van der Waals surface area contributed by atoms with Crippen LogP contribution in [-0.2, 0) is 0 Å². The molecule has 3 nitrogen and oxygen atoms in total. The highest BCUT2D eigenvalue weighted by molar-refractivity contribution is 4.59. The molecular formula is C24H53N3. The summed E-state index contributed by atoms with van der Waals surface area (Å²) in [5.41, 5.74) is 0. The molecule has 0 spiro atoms. The van der Waals surface area contributed by atoms with E-state index in [1.165, 1.54) is 123 Å². The predicted molar refractivity (Wildman–Crippen MR) is 124 cm³/mol. The van der Waals surface area contributed by atoms with E-state index in [4.69, 9.17) is 0 Å². The van der Waals surface area contributed by atoms with Crippen molar-refractivity contribution in [2.24, 2.45) is 0 Å². The van der Waals surface area contributed by atoms with Crippen LogP contribution in [-0.4, -0.2) is 63.2 Å². The first-order valence-corrected chi connectivity index (χ1v) is 12.3. The molecule has 0 aromatic heterocycles. The van der Waals surface area contributed by atoms with Crippen molar-refractivity contribution < 1.29 is 0 Å². The number of hydrogen-bond donors (Lipinski definition) is 1. The Morgan fingerprint density at radius 3 is 1.41 bits per heavy atom. The molecule has 0 rings (SSSR count). The molecular weight excluding hydrogens is 330 g/mol. The smallest absolute Gasteiger partial charge is 0.0107 e. The van der Waals surface area contributed by atoms with Gasteiger partial charge in [0.2, 0.25) is 0 Å². The molecule has 0 atom stereocenters. The van der Waals surface area contributed by atoms with Gasteiger partial charge in [-0.15, -0.1) is 0 Å². The molecule has 0 radical (unpaired) electrons. The van der Waals surface area contributed by atoms with E-state index in [1.54, 1.807) is 0 Å². The first-order valence-electron chi connectivity index (χ1n) is 12.3. The van der Waals surface area contributed by atoms with Crippen LogP contribution in [0.1, 0.15) is 104 Å². The molecule has 0 unspecified atom stereocenters. The number of likely N-dealkylation sites (N-methyl/N-ethyl adjacent to an activating group) is 2. The summed E-state index contributed by atoms with van der Waals surface area (Å²) < 4.78 is 0. The average Bonchev–Trinajstić information content (AvgIpc) is 2.67. The monoisotopic (exact) mass is 383 g/mol. The van der Waals surface area contributed by atoms with Crippen LogP contribution in [0.2, 0.25) is 0 Å². The Kier molecular flexibility index (Phi) is 22.1. The third kappa shape index (κ3) is 22.0. The fourth-order valence-corrected chi connectivity index (χ4v) is 3.48. The normalized spacial score (nSPS) is 11.8. The van der Waals surface area contributed by atoms with Crippen LogP contribution >= 0.6 is 0 Å². The van der Waals surface area contributed by atoms with Crippen LogP contribution < -0.4 is 5.32 Å². The lowest BCUT2D eigenvalue weighted by Crippen LogP contribution is -2.35. The van der Waals surface area contributed by atoms with Crippen LogP contribution in [0.25, 0.3) is 0 Å². The van der Waals surface area contributed by atoms with Crippen molar-refractivity contribution in [3.8, 4) is 0 Å². The third-order valence-corrected chi connectivity index (χ3v) is 5.63. The van der Waals surface area contributed by atoms with Crippen molar-refractivity contribution in [1.82, 2.24) is 15.1 Å². The lowest BCUT2D eigenvalue weighted by molar-refractivity contribution is 0.254. The maximum atomic E-state index is 3.62. The van der Waals surface area contributed by atoms with E-state index in [-0.39, 0.29) is 0 Å². The van der Waals surface area contributed by atoms with Crippen LogP contribution in [0.3, 0.4) is 0 Å². The molecule has 0 saturated carbocycles. The van der Waals surface area contributed by atoms with Gasteiger partial charge in [0.1, 0.15) is 0 Å². The minimum Gasteiger partial charge on any atom is -0.315 e. The highest BCUT2D eigenvalue weighted by Gasteiger charge is 2.01. The molecule has 164 valence electrons. The van der Waals surface area contributed by atoms with Gasteiger partial charge in [0.15, 0.2) is 0 Å². The van der Waals surface area contributed by atoms with Gasteiger partial charge in [-0.05, 0) is 40.0 Å². The van der Waals surface area contributed by atoms with Gasteiger partial charge in [0.25, 0.3) is 0 Å². The van der Waals surface area contributed by atoms with Crippen LogP contribution in [0.5, 0.6) is 0 Å². The second kappa shape index (κ2) is 22.2. The zero-order valence-electron chi connectivity index (χ0n) is 19.5. The highest BCUT2D eigenvalue weighted by atomic mass is 15.2. The summed E-state index contributed by atoms with van der Waals surface area (Å²) >= 11 is 0. The molecule has 0 aliphatic heterocycles. The Balaban J connectivity index is 3.17. The molecule has 0 aliphatic rings. The Morgan fingerprint density at radius 2 is 0.889 bits per heavy atom. The van der Waals surface area contributed by atoms with Crippen molar-refractivity contribution in [3.05, 3.63) is 0 Å². The fraction of sp³-hybridized carbons (Fsp3) is 1.00. The first-order chi connectivity index (χ1) is 13.2. The molecule has 0 aliphatic carbocycles. The summed E-state index contributed by atoms with van der Waals surface area (Å²) in [5, 5.41) is 3.62. The number of hydrogen-bond acceptors (Lipinski definition) is 3. The Bertz CT molecular complexity index is 270. The zero-order chi connectivity index (χ0) is 20.0. The third-order valence-electron chi connectivity index (χ3n) is 5.63. The molecule has 27 heavy (non-hydrogen) atoms. The van der Waals surface area contributed by atoms with E-state index in [1.807, 2.05) is 0 Å². The van der Waals surface area contributed by atoms with Gasteiger partial charge >= 0.3 is 0 Å². The maximum Gasteiger partial charge on any atom is 0.0107 e. The van der Waals surface area contributed by atoms with Gasteiger partial charge < -0.3 is 15.1 Å². The van der Waals surface area contributed by atoms with E-state index < -0.39 is 0 Å². The molecule has 0 aromatic carbocycles. The van der Waals surface area contributed by atoms with Crippen molar-refractivity contribution in [2.75, 3.05) is 53.4 Å². The molecule has 0 saturated heterocycles. The summed E-state index contributed by atoms with van der Waals surface area (Å²) in [6.45, 7) is 11.7. The lowest BCUT2D eigenvalue weighted by atomic mass is 10.1. The molecule has 0 amide bonds. The largest absolute Gasteiger partial charge is 0.315 e. The Hall–Kier alpha value is -0.120. The van der Waals surface area contributed by atoms with Crippen molar-refractivity contribution in [1.29, 1.82) is 0 Å². The van der Waals surface area contributed by atoms with E-state index in [9.17, 15) is 0 Å². The van der Waals surface area contributed by atoms with Gasteiger partial charge in [-0.2, -0.15) is 0 Å². The summed E-state index contributed by atoms with van der Waals surface area (Å²) in [7, 11) is 4.49. The van der Waals surface area contributed by atoms with Crippen molar-refractivity contribution in [3.63, 3.8) is 0 Å². The first kappa shape index (κ1) is 26.9. The second-order valence-electron chi connectivity index (χ2n) is 8.60. The minimum absolute atomic E-state index is 1.13. The van der Waals surface area contributed by atoms with E-state index in [2.05, 4.69) is 43.1 Å². The summed E-state index contributed by atoms with van der Waals surface area (Å²) in [5.74, 6) is 0. The fourth-order valence-electron chi connectivity index (χ4n) is 3.48. The Labute approximate surface area is 172 Å².